The van der Waals surface area contributed by atoms with Gasteiger partial charge in [0.2, 0.25) is 0 Å². The minimum Gasteiger partial charge on any atom is -0.392 e. The Balaban J connectivity index is 1.93. The van der Waals surface area contributed by atoms with E-state index < -0.39 is 10.8 Å². The quantitative estimate of drug-likeness (QED) is 0.591. The Hall–Kier alpha value is -1.21. The lowest BCUT2D eigenvalue weighted by Gasteiger charge is -2.25. The summed E-state index contributed by atoms with van der Waals surface area (Å²) >= 11 is 3.51. The molecule has 2 aromatic rings. The number of benzene rings is 2. The van der Waals surface area contributed by atoms with Crippen LogP contribution in [0, 0.1) is 0 Å². The normalized spacial score (nSPS) is 15.7. The highest BCUT2D eigenvalue weighted by molar-refractivity contribution is 9.10. The summed E-state index contributed by atoms with van der Waals surface area (Å²) in [7, 11) is -1.27. The smallest absolute Gasteiger partial charge is 0.0859 e. The van der Waals surface area contributed by atoms with Gasteiger partial charge in [0, 0.05) is 34.6 Å². The van der Waals surface area contributed by atoms with Gasteiger partial charge >= 0.3 is 0 Å². The maximum atomic E-state index is 13.2. The Morgan fingerprint density at radius 3 is 2.69 bits per heavy atom. The average Bonchev–Trinajstić information content (AvgIpc) is 2.65. The van der Waals surface area contributed by atoms with Crippen LogP contribution in [0.5, 0.6) is 0 Å². The molecule has 0 saturated heterocycles. The molecular weight excluding hydrogens is 412 g/mol. The molecule has 0 amide bonds. The third kappa shape index (κ3) is 3.88. The van der Waals surface area contributed by atoms with Crippen molar-refractivity contribution in [3.63, 3.8) is 0 Å². The summed E-state index contributed by atoms with van der Waals surface area (Å²) in [6.07, 6.45) is 0.720. The monoisotopic (exact) mass is 436 g/mol. The molecule has 0 spiro atoms. The van der Waals surface area contributed by atoms with Crippen LogP contribution in [0.2, 0.25) is 0 Å². The van der Waals surface area contributed by atoms with Crippen molar-refractivity contribution in [1.82, 2.24) is 4.90 Å². The Morgan fingerprint density at radius 2 is 2.00 bits per heavy atom. The first-order valence-corrected chi connectivity index (χ1v) is 10.9. The van der Waals surface area contributed by atoms with Gasteiger partial charge in [-0.3, -0.25) is 0 Å². The van der Waals surface area contributed by atoms with Crippen LogP contribution in [-0.4, -0.2) is 40.4 Å². The van der Waals surface area contributed by atoms with Gasteiger partial charge in [-0.15, -0.1) is 0 Å². The number of fused-ring (bicyclic) bond motifs is 2. The van der Waals surface area contributed by atoms with Gasteiger partial charge < -0.3 is 15.3 Å². The summed E-state index contributed by atoms with van der Waals surface area (Å²) < 4.78 is 14.2. The second kappa shape index (κ2) is 8.65. The fraction of sp³-hybridized carbons (Fsp3) is 0.400. The number of anilines is 1. The van der Waals surface area contributed by atoms with E-state index in [2.05, 4.69) is 40.0 Å². The third-order valence-corrected chi connectivity index (χ3v) is 7.10. The summed E-state index contributed by atoms with van der Waals surface area (Å²) in [6, 6.07) is 9.78. The molecule has 0 aliphatic carbocycles. The number of aliphatic hydroxyl groups excluding tert-OH is 1. The van der Waals surface area contributed by atoms with Gasteiger partial charge in [-0.25, -0.2) is 4.21 Å². The average molecular weight is 437 g/mol. The Bertz CT molecular complexity index is 822. The number of rotatable bonds is 7. The molecule has 1 heterocycles. The van der Waals surface area contributed by atoms with Gasteiger partial charge in [-0.05, 0) is 54.0 Å². The lowest BCUT2D eigenvalue weighted by atomic mass is 9.99. The lowest BCUT2D eigenvalue weighted by Crippen LogP contribution is -2.29. The van der Waals surface area contributed by atoms with Crippen LogP contribution in [0.3, 0.4) is 0 Å². The molecule has 140 valence electrons. The molecule has 1 unspecified atom stereocenters. The van der Waals surface area contributed by atoms with Crippen LogP contribution >= 0.6 is 15.9 Å². The maximum Gasteiger partial charge on any atom is 0.0859 e. The van der Waals surface area contributed by atoms with Crippen molar-refractivity contribution in [2.75, 3.05) is 31.5 Å². The minimum absolute atomic E-state index is 0.0976. The number of hydrogen-bond donors (Lipinski definition) is 2. The number of aliphatic hydroxyl groups is 1. The van der Waals surface area contributed by atoms with E-state index in [0.29, 0.717) is 0 Å². The number of nitrogens with one attached hydrogen (secondary N) is 1. The Morgan fingerprint density at radius 1 is 1.23 bits per heavy atom. The molecule has 4 nitrogen and oxygen atoms in total. The molecule has 1 atom stereocenters. The summed E-state index contributed by atoms with van der Waals surface area (Å²) in [4.78, 5) is 3.98. The van der Waals surface area contributed by atoms with Gasteiger partial charge in [0.1, 0.15) is 0 Å². The standard InChI is InChI=1S/C20H25BrN2O2S/c1-3-23(4-2)10-9-22-18-7-5-14(13-24)20-17(18)12-15-11-16(21)6-8-19(15)26(20)25/h5-8,11,22,24H,3-4,9-10,12-13H2,1-2H3. The van der Waals surface area contributed by atoms with E-state index in [-0.39, 0.29) is 6.61 Å². The highest BCUT2D eigenvalue weighted by atomic mass is 79.9. The molecular formula is C20H25BrN2O2S. The second-order valence-corrected chi connectivity index (χ2v) is 8.69. The third-order valence-electron chi connectivity index (χ3n) is 4.93. The van der Waals surface area contributed by atoms with Gasteiger partial charge in [0.05, 0.1) is 22.3 Å². The van der Waals surface area contributed by atoms with Crippen LogP contribution < -0.4 is 5.32 Å². The van der Waals surface area contributed by atoms with Gasteiger partial charge in [-0.2, -0.15) is 0 Å². The topological polar surface area (TPSA) is 52.6 Å². The van der Waals surface area contributed by atoms with E-state index in [1.165, 1.54) is 0 Å². The van der Waals surface area contributed by atoms with Crippen molar-refractivity contribution < 1.29 is 9.32 Å². The van der Waals surface area contributed by atoms with Gasteiger partial charge in [0.15, 0.2) is 0 Å². The summed E-state index contributed by atoms with van der Waals surface area (Å²) in [6.45, 7) is 8.11. The fourth-order valence-electron chi connectivity index (χ4n) is 3.43. The Kier molecular flexibility index (Phi) is 6.51. The summed E-state index contributed by atoms with van der Waals surface area (Å²) in [5.74, 6) is 0. The molecule has 3 rings (SSSR count). The first kappa shape index (κ1) is 19.5. The first-order valence-electron chi connectivity index (χ1n) is 9.01. The predicted octanol–water partition coefficient (Wildman–Crippen LogP) is 3.77. The molecule has 1 aliphatic heterocycles. The number of halogens is 1. The maximum absolute atomic E-state index is 13.2. The molecule has 0 fully saturated rings. The zero-order valence-corrected chi connectivity index (χ0v) is 17.6. The van der Waals surface area contributed by atoms with Crippen LogP contribution in [0.4, 0.5) is 5.69 Å². The predicted molar refractivity (Wildman–Crippen MR) is 110 cm³/mol. The lowest BCUT2D eigenvalue weighted by molar-refractivity contribution is 0.278. The van der Waals surface area contributed by atoms with Gasteiger partial charge in [-0.1, -0.05) is 35.8 Å². The van der Waals surface area contributed by atoms with Crippen LogP contribution in [-0.2, 0) is 23.8 Å². The van der Waals surface area contributed by atoms with E-state index in [1.54, 1.807) is 0 Å². The van der Waals surface area contributed by atoms with Crippen LogP contribution in [0.1, 0.15) is 30.5 Å². The van der Waals surface area contributed by atoms with E-state index >= 15 is 0 Å². The van der Waals surface area contributed by atoms with Crippen molar-refractivity contribution in [3.05, 3.63) is 51.5 Å². The van der Waals surface area contributed by atoms with E-state index in [4.69, 9.17) is 0 Å². The second-order valence-electron chi connectivity index (χ2n) is 6.39. The highest BCUT2D eigenvalue weighted by Crippen LogP contribution is 2.38. The molecule has 26 heavy (non-hydrogen) atoms. The zero-order chi connectivity index (χ0) is 18.7. The molecule has 0 aromatic heterocycles. The highest BCUT2D eigenvalue weighted by Gasteiger charge is 2.27. The van der Waals surface area contributed by atoms with Crippen molar-refractivity contribution in [3.8, 4) is 0 Å². The van der Waals surface area contributed by atoms with Crippen LogP contribution in [0.15, 0.2) is 44.6 Å². The van der Waals surface area contributed by atoms with Crippen molar-refractivity contribution in [1.29, 1.82) is 0 Å². The number of hydrogen-bond acceptors (Lipinski definition) is 4. The van der Waals surface area contributed by atoms with Crippen LogP contribution in [0.25, 0.3) is 0 Å². The van der Waals surface area contributed by atoms with Crippen molar-refractivity contribution >= 4 is 32.4 Å². The summed E-state index contributed by atoms with van der Waals surface area (Å²) in [5, 5.41) is 13.3. The van der Waals surface area contributed by atoms with Gasteiger partial charge in [0.25, 0.3) is 0 Å². The minimum atomic E-state index is -1.27. The molecule has 2 aromatic carbocycles. The molecule has 2 N–H and O–H groups in total. The number of likely N-dealkylation sites (N-methyl/N-ethyl adjacent to an activating group) is 1. The van der Waals surface area contributed by atoms with Crippen molar-refractivity contribution in [2.24, 2.45) is 0 Å². The fourth-order valence-corrected chi connectivity index (χ4v) is 5.39. The zero-order valence-electron chi connectivity index (χ0n) is 15.2. The first-order chi connectivity index (χ1) is 12.6. The Labute approximate surface area is 166 Å². The van der Waals surface area contributed by atoms with E-state index in [0.717, 1.165) is 69.2 Å². The van der Waals surface area contributed by atoms with E-state index in [9.17, 15) is 9.32 Å². The number of nitrogens with zero attached hydrogens (tertiary/aromatic N) is 1. The summed E-state index contributed by atoms with van der Waals surface area (Å²) in [5.41, 5.74) is 3.89. The molecule has 0 radical (unpaired) electrons. The van der Waals surface area contributed by atoms with Crippen molar-refractivity contribution in [2.45, 2.75) is 36.7 Å². The molecule has 0 bridgehead atoms. The molecule has 6 heteroatoms. The SMILES string of the molecule is CCN(CC)CCNc1ccc(CO)c2c1Cc1cc(Br)ccc1S2=O. The molecule has 0 saturated carbocycles. The largest absolute Gasteiger partial charge is 0.392 e. The van der Waals surface area contributed by atoms with E-state index in [1.807, 2.05) is 30.3 Å². The molecule has 1 aliphatic rings.